The van der Waals surface area contributed by atoms with Crippen molar-refractivity contribution < 1.29 is 9.53 Å². The number of carbonyl (C=O) groups excluding carboxylic acids is 1. The van der Waals surface area contributed by atoms with Crippen LogP contribution in [0.5, 0.6) is 5.75 Å². The largest absolute Gasteiger partial charge is 0.496 e. The van der Waals surface area contributed by atoms with Crippen molar-refractivity contribution in [3.05, 3.63) is 59.2 Å². The van der Waals surface area contributed by atoms with E-state index < -0.39 is 0 Å². The van der Waals surface area contributed by atoms with Crippen LogP contribution in [0.25, 0.3) is 0 Å². The monoisotopic (exact) mass is 267 g/mol. The first-order chi connectivity index (χ1) is 9.70. The predicted octanol–water partition coefficient (Wildman–Crippen LogP) is 3.40. The fourth-order valence-corrected chi connectivity index (χ4v) is 2.72. The van der Waals surface area contributed by atoms with Crippen molar-refractivity contribution in [2.75, 3.05) is 19.0 Å². The number of fused-ring (bicyclic) bond motifs is 1. The first-order valence-corrected chi connectivity index (χ1v) is 6.72. The molecule has 3 rings (SSSR count). The Morgan fingerprint density at radius 1 is 1.25 bits per heavy atom. The number of anilines is 1. The molecule has 3 nitrogen and oxygen atoms in total. The maximum Gasteiger partial charge on any atom is 0.175 e. The third-order valence-corrected chi connectivity index (χ3v) is 3.77. The SMILES string of the molecule is COc1ccc(C)cc1C(=O)C1CNc2ccccc21. The normalized spacial score (nSPS) is 16.4. The van der Waals surface area contributed by atoms with Crippen molar-refractivity contribution in [3.63, 3.8) is 0 Å². The van der Waals surface area contributed by atoms with Crippen molar-refractivity contribution in [3.8, 4) is 5.75 Å². The van der Waals surface area contributed by atoms with Crippen LogP contribution in [0.3, 0.4) is 0 Å². The molecule has 3 heteroatoms. The second-order valence-corrected chi connectivity index (χ2v) is 5.09. The lowest BCUT2D eigenvalue weighted by atomic mass is 9.91. The van der Waals surface area contributed by atoms with Gasteiger partial charge in [-0.05, 0) is 30.7 Å². The zero-order valence-corrected chi connectivity index (χ0v) is 11.6. The maximum atomic E-state index is 12.8. The Labute approximate surface area is 118 Å². The van der Waals surface area contributed by atoms with Crippen LogP contribution in [0.1, 0.15) is 27.4 Å². The zero-order valence-electron chi connectivity index (χ0n) is 11.6. The number of nitrogens with one attached hydrogen (secondary N) is 1. The minimum atomic E-state index is -0.137. The first kappa shape index (κ1) is 12.7. The molecular weight excluding hydrogens is 250 g/mol. The summed E-state index contributed by atoms with van der Waals surface area (Å²) in [6, 6.07) is 13.7. The van der Waals surface area contributed by atoms with Gasteiger partial charge in [-0.25, -0.2) is 0 Å². The van der Waals surface area contributed by atoms with Gasteiger partial charge >= 0.3 is 0 Å². The molecule has 20 heavy (non-hydrogen) atoms. The lowest BCUT2D eigenvalue weighted by molar-refractivity contribution is 0.0963. The number of aryl methyl sites for hydroxylation is 1. The number of hydrogen-bond donors (Lipinski definition) is 1. The van der Waals surface area contributed by atoms with Gasteiger partial charge in [-0.1, -0.05) is 29.8 Å². The number of benzene rings is 2. The highest BCUT2D eigenvalue weighted by Gasteiger charge is 2.30. The number of para-hydroxylation sites is 1. The lowest BCUT2D eigenvalue weighted by Crippen LogP contribution is -2.16. The summed E-state index contributed by atoms with van der Waals surface area (Å²) in [6.07, 6.45) is 0. The fraction of sp³-hybridized carbons (Fsp3) is 0.235. The highest BCUT2D eigenvalue weighted by molar-refractivity contribution is 6.05. The van der Waals surface area contributed by atoms with E-state index in [4.69, 9.17) is 4.74 Å². The van der Waals surface area contributed by atoms with Crippen molar-refractivity contribution >= 4 is 11.5 Å². The quantitative estimate of drug-likeness (QED) is 0.866. The third kappa shape index (κ3) is 2.05. The first-order valence-electron chi connectivity index (χ1n) is 6.72. The van der Waals surface area contributed by atoms with E-state index in [1.807, 2.05) is 49.4 Å². The van der Waals surface area contributed by atoms with Gasteiger partial charge in [0.15, 0.2) is 5.78 Å². The molecule has 102 valence electrons. The summed E-state index contributed by atoms with van der Waals surface area (Å²) in [7, 11) is 1.60. The number of methoxy groups -OCH3 is 1. The van der Waals surface area contributed by atoms with E-state index in [2.05, 4.69) is 5.32 Å². The van der Waals surface area contributed by atoms with Gasteiger partial charge in [0.1, 0.15) is 5.75 Å². The van der Waals surface area contributed by atoms with Gasteiger partial charge in [0.25, 0.3) is 0 Å². The van der Waals surface area contributed by atoms with Crippen LogP contribution in [-0.4, -0.2) is 19.4 Å². The molecule has 0 bridgehead atoms. The minimum Gasteiger partial charge on any atom is -0.496 e. The molecule has 0 saturated carbocycles. The molecule has 0 amide bonds. The van der Waals surface area contributed by atoms with Crippen LogP contribution in [0.4, 0.5) is 5.69 Å². The van der Waals surface area contributed by atoms with Crippen LogP contribution in [0.15, 0.2) is 42.5 Å². The smallest absolute Gasteiger partial charge is 0.175 e. The van der Waals surface area contributed by atoms with Gasteiger partial charge in [0.05, 0.1) is 18.6 Å². The van der Waals surface area contributed by atoms with E-state index in [0.717, 1.165) is 16.8 Å². The topological polar surface area (TPSA) is 38.3 Å². The third-order valence-electron chi connectivity index (χ3n) is 3.77. The van der Waals surface area contributed by atoms with Crippen LogP contribution in [0, 0.1) is 6.92 Å². The lowest BCUT2D eigenvalue weighted by Gasteiger charge is -2.13. The van der Waals surface area contributed by atoms with E-state index in [1.165, 1.54) is 0 Å². The molecule has 2 aromatic carbocycles. The number of hydrogen-bond acceptors (Lipinski definition) is 3. The summed E-state index contributed by atoms with van der Waals surface area (Å²) in [5.74, 6) is 0.620. The molecule has 0 saturated heterocycles. The van der Waals surface area contributed by atoms with Gasteiger partial charge < -0.3 is 10.1 Å². The molecule has 1 aliphatic rings. The Balaban J connectivity index is 2.00. The molecule has 0 spiro atoms. The number of rotatable bonds is 3. The molecule has 1 unspecified atom stereocenters. The number of carbonyl (C=O) groups is 1. The van der Waals surface area contributed by atoms with E-state index in [0.29, 0.717) is 17.9 Å². The summed E-state index contributed by atoms with van der Waals surface area (Å²) < 4.78 is 5.33. The van der Waals surface area contributed by atoms with Gasteiger partial charge in [-0.2, -0.15) is 0 Å². The highest BCUT2D eigenvalue weighted by Crippen LogP contribution is 2.35. The van der Waals surface area contributed by atoms with E-state index in [9.17, 15) is 4.79 Å². The molecule has 0 fully saturated rings. The van der Waals surface area contributed by atoms with Gasteiger partial charge in [0, 0.05) is 12.2 Å². The van der Waals surface area contributed by atoms with Gasteiger partial charge in [0.2, 0.25) is 0 Å². The summed E-state index contributed by atoms with van der Waals surface area (Å²) in [5, 5.41) is 3.29. The second-order valence-electron chi connectivity index (χ2n) is 5.09. The van der Waals surface area contributed by atoms with Crippen LogP contribution >= 0.6 is 0 Å². The molecule has 0 aromatic heterocycles. The van der Waals surface area contributed by atoms with E-state index in [1.54, 1.807) is 7.11 Å². The van der Waals surface area contributed by atoms with Crippen molar-refractivity contribution in [2.24, 2.45) is 0 Å². The number of ketones is 1. The Bertz CT molecular complexity index is 664. The van der Waals surface area contributed by atoms with E-state index in [-0.39, 0.29) is 11.7 Å². The van der Waals surface area contributed by atoms with Crippen LogP contribution in [-0.2, 0) is 0 Å². The van der Waals surface area contributed by atoms with Crippen LogP contribution in [0.2, 0.25) is 0 Å². The number of Topliss-reactive ketones (excluding diaryl/α,β-unsaturated/α-hetero) is 1. The Morgan fingerprint density at radius 2 is 2.05 bits per heavy atom. The Hall–Kier alpha value is -2.29. The van der Waals surface area contributed by atoms with Crippen molar-refractivity contribution in [1.82, 2.24) is 0 Å². The van der Waals surface area contributed by atoms with Gasteiger partial charge in [-0.3, -0.25) is 4.79 Å². The molecular formula is C17H17NO2. The van der Waals surface area contributed by atoms with E-state index >= 15 is 0 Å². The minimum absolute atomic E-state index is 0.114. The molecule has 1 atom stereocenters. The average molecular weight is 267 g/mol. The molecule has 1 aliphatic heterocycles. The highest BCUT2D eigenvalue weighted by atomic mass is 16.5. The molecule has 1 N–H and O–H groups in total. The zero-order chi connectivity index (χ0) is 14.1. The van der Waals surface area contributed by atoms with Crippen molar-refractivity contribution in [2.45, 2.75) is 12.8 Å². The molecule has 0 aliphatic carbocycles. The van der Waals surface area contributed by atoms with Crippen molar-refractivity contribution in [1.29, 1.82) is 0 Å². The molecule has 1 heterocycles. The van der Waals surface area contributed by atoms with Crippen LogP contribution < -0.4 is 10.1 Å². The maximum absolute atomic E-state index is 12.8. The Kier molecular flexibility index (Phi) is 3.18. The molecule has 2 aromatic rings. The average Bonchev–Trinajstić information content (AvgIpc) is 2.90. The summed E-state index contributed by atoms with van der Waals surface area (Å²) >= 11 is 0. The summed E-state index contributed by atoms with van der Waals surface area (Å²) in [4.78, 5) is 12.8. The van der Waals surface area contributed by atoms with Gasteiger partial charge in [-0.15, -0.1) is 0 Å². The standard InChI is InChI=1S/C17H17NO2/c1-11-7-8-16(20-2)13(9-11)17(19)14-10-18-15-6-4-3-5-12(14)15/h3-9,14,18H,10H2,1-2H3. The number of ether oxygens (including phenoxy) is 1. The summed E-state index contributed by atoms with van der Waals surface area (Å²) in [6.45, 7) is 2.63. The molecule has 0 radical (unpaired) electrons. The second kappa shape index (κ2) is 5.00. The predicted molar refractivity (Wildman–Crippen MR) is 79.7 cm³/mol. The summed E-state index contributed by atoms with van der Waals surface area (Å²) in [5.41, 5.74) is 3.85. The Morgan fingerprint density at radius 3 is 2.85 bits per heavy atom. The fourth-order valence-electron chi connectivity index (χ4n) is 2.72.